The number of amides is 2. The molecule has 126 valence electrons. The van der Waals surface area contributed by atoms with Gasteiger partial charge in [-0.15, -0.1) is 22.7 Å². The third kappa shape index (κ3) is 3.36. The van der Waals surface area contributed by atoms with Crippen molar-refractivity contribution in [2.45, 2.75) is 13.0 Å². The van der Waals surface area contributed by atoms with Gasteiger partial charge in [0.25, 0.3) is 11.8 Å². The normalized spacial score (nSPS) is 13.4. The van der Waals surface area contributed by atoms with Gasteiger partial charge in [-0.3, -0.25) is 9.59 Å². The molecular weight excluding hydrogens is 352 g/mol. The van der Waals surface area contributed by atoms with E-state index in [4.69, 9.17) is 0 Å². The Balaban J connectivity index is 1.49. The van der Waals surface area contributed by atoms with Gasteiger partial charge in [-0.1, -0.05) is 12.1 Å². The zero-order valence-electron chi connectivity index (χ0n) is 13.4. The molecule has 0 unspecified atom stereocenters. The smallest absolute Gasteiger partial charge is 0.265 e. The first-order valence-electron chi connectivity index (χ1n) is 8.00. The molecule has 3 heterocycles. The zero-order valence-corrected chi connectivity index (χ0v) is 15.0. The summed E-state index contributed by atoms with van der Waals surface area (Å²) in [6.07, 6.45) is 0.910. The van der Waals surface area contributed by atoms with Gasteiger partial charge in [0.05, 0.1) is 4.88 Å². The summed E-state index contributed by atoms with van der Waals surface area (Å²) < 4.78 is 0. The summed E-state index contributed by atoms with van der Waals surface area (Å²) >= 11 is 3.15. The maximum atomic E-state index is 12.8. The van der Waals surface area contributed by atoms with Gasteiger partial charge in [-0.25, -0.2) is 0 Å². The Hall–Kier alpha value is -2.44. The SMILES string of the molecule is O=C(Nc1cccc(C(=O)N2CCc3sccc3C2)c1)c1cccs1. The van der Waals surface area contributed by atoms with E-state index in [-0.39, 0.29) is 11.8 Å². The van der Waals surface area contributed by atoms with Gasteiger partial charge in [0.2, 0.25) is 0 Å². The lowest BCUT2D eigenvalue weighted by atomic mass is 10.1. The molecule has 6 heteroatoms. The van der Waals surface area contributed by atoms with Crippen LogP contribution >= 0.6 is 22.7 Å². The molecule has 0 radical (unpaired) electrons. The van der Waals surface area contributed by atoms with Gasteiger partial charge in [0, 0.05) is 29.2 Å². The highest BCUT2D eigenvalue weighted by atomic mass is 32.1. The number of anilines is 1. The molecule has 0 fully saturated rings. The molecule has 4 rings (SSSR count). The van der Waals surface area contributed by atoms with Gasteiger partial charge in [-0.05, 0) is 53.1 Å². The number of carbonyl (C=O) groups excluding carboxylic acids is 2. The van der Waals surface area contributed by atoms with Crippen LogP contribution < -0.4 is 5.32 Å². The molecule has 2 amide bonds. The number of carbonyl (C=O) groups is 2. The second-order valence-electron chi connectivity index (χ2n) is 5.86. The number of hydrogen-bond donors (Lipinski definition) is 1. The fourth-order valence-electron chi connectivity index (χ4n) is 2.93. The van der Waals surface area contributed by atoms with Gasteiger partial charge >= 0.3 is 0 Å². The Kier molecular flexibility index (Phi) is 4.38. The minimum atomic E-state index is -0.152. The number of nitrogens with one attached hydrogen (secondary N) is 1. The summed E-state index contributed by atoms with van der Waals surface area (Å²) in [6.45, 7) is 1.39. The third-order valence-electron chi connectivity index (χ3n) is 4.21. The number of nitrogens with zero attached hydrogens (tertiary/aromatic N) is 1. The van der Waals surface area contributed by atoms with E-state index in [0.717, 1.165) is 13.0 Å². The van der Waals surface area contributed by atoms with Crippen molar-refractivity contribution >= 4 is 40.2 Å². The van der Waals surface area contributed by atoms with E-state index in [1.807, 2.05) is 16.3 Å². The van der Waals surface area contributed by atoms with Crippen LogP contribution in [0.1, 0.15) is 30.5 Å². The average molecular weight is 368 g/mol. The average Bonchev–Trinajstić information content (AvgIpc) is 3.32. The number of thiophene rings is 2. The monoisotopic (exact) mass is 368 g/mol. The van der Waals surface area contributed by atoms with Crippen LogP contribution in [0.15, 0.2) is 53.2 Å². The lowest BCUT2D eigenvalue weighted by Gasteiger charge is -2.27. The van der Waals surface area contributed by atoms with Crippen LogP contribution in [0.25, 0.3) is 0 Å². The fraction of sp³-hybridized carbons (Fsp3) is 0.158. The quantitative estimate of drug-likeness (QED) is 0.751. The van der Waals surface area contributed by atoms with Crippen LogP contribution in [0.3, 0.4) is 0 Å². The number of rotatable bonds is 3. The second kappa shape index (κ2) is 6.82. The van der Waals surface area contributed by atoms with Crippen molar-refractivity contribution in [3.05, 3.63) is 74.1 Å². The van der Waals surface area contributed by atoms with Crippen molar-refractivity contribution in [3.63, 3.8) is 0 Å². The predicted octanol–water partition coefficient (Wildman–Crippen LogP) is 4.26. The molecule has 4 nitrogen and oxygen atoms in total. The highest BCUT2D eigenvalue weighted by Gasteiger charge is 2.22. The Labute approximate surface area is 153 Å². The summed E-state index contributed by atoms with van der Waals surface area (Å²) in [5.74, 6) is -0.149. The van der Waals surface area contributed by atoms with Crippen molar-refractivity contribution in [2.24, 2.45) is 0 Å². The van der Waals surface area contributed by atoms with Crippen LogP contribution in [0.5, 0.6) is 0 Å². The Morgan fingerprint density at radius 1 is 1.04 bits per heavy atom. The molecular formula is C19H16N2O2S2. The maximum Gasteiger partial charge on any atom is 0.265 e. The molecule has 1 aliphatic heterocycles. The van der Waals surface area contributed by atoms with Crippen LogP contribution in [-0.2, 0) is 13.0 Å². The van der Waals surface area contributed by atoms with Gasteiger partial charge < -0.3 is 10.2 Å². The summed E-state index contributed by atoms with van der Waals surface area (Å²) in [7, 11) is 0. The Morgan fingerprint density at radius 2 is 1.96 bits per heavy atom. The van der Waals surface area contributed by atoms with Crippen LogP contribution in [0, 0.1) is 0 Å². The molecule has 0 atom stereocenters. The van der Waals surface area contributed by atoms with Crippen LogP contribution in [0.4, 0.5) is 5.69 Å². The van der Waals surface area contributed by atoms with Crippen molar-refractivity contribution in [3.8, 4) is 0 Å². The number of fused-ring (bicyclic) bond motifs is 1. The minimum Gasteiger partial charge on any atom is -0.334 e. The predicted molar refractivity (Wildman–Crippen MR) is 101 cm³/mol. The Bertz CT molecular complexity index is 915. The first kappa shape index (κ1) is 16.1. The van der Waals surface area contributed by atoms with Crippen molar-refractivity contribution in [1.29, 1.82) is 0 Å². The highest BCUT2D eigenvalue weighted by Crippen LogP contribution is 2.25. The van der Waals surface area contributed by atoms with Crippen molar-refractivity contribution in [1.82, 2.24) is 4.90 Å². The summed E-state index contributed by atoms with van der Waals surface area (Å²) in [5, 5.41) is 6.80. The largest absolute Gasteiger partial charge is 0.334 e. The zero-order chi connectivity index (χ0) is 17.2. The van der Waals surface area contributed by atoms with Crippen LogP contribution in [-0.4, -0.2) is 23.3 Å². The summed E-state index contributed by atoms with van der Waals surface area (Å²) in [4.78, 5) is 28.9. The molecule has 3 aromatic rings. The first-order valence-corrected chi connectivity index (χ1v) is 9.76. The van der Waals surface area contributed by atoms with Crippen LogP contribution in [0.2, 0.25) is 0 Å². The first-order chi connectivity index (χ1) is 12.2. The van der Waals surface area contributed by atoms with E-state index in [9.17, 15) is 9.59 Å². The fourth-order valence-corrected chi connectivity index (χ4v) is 4.44. The standard InChI is InChI=1S/C19H16N2O2S2/c22-18(17-5-2-9-24-17)20-15-4-1-3-13(11-15)19(23)21-8-6-16-14(12-21)7-10-25-16/h1-5,7,9-11H,6,8,12H2,(H,20,22). The van der Waals surface area contributed by atoms with Gasteiger partial charge in [0.1, 0.15) is 0 Å². The third-order valence-corrected chi connectivity index (χ3v) is 6.10. The lowest BCUT2D eigenvalue weighted by Crippen LogP contribution is -2.35. The van der Waals surface area contributed by atoms with E-state index in [0.29, 0.717) is 22.7 Å². The number of hydrogen-bond acceptors (Lipinski definition) is 4. The van der Waals surface area contributed by atoms with Crippen molar-refractivity contribution in [2.75, 3.05) is 11.9 Å². The minimum absolute atomic E-state index is 0.00377. The highest BCUT2D eigenvalue weighted by molar-refractivity contribution is 7.12. The van der Waals surface area contributed by atoms with Crippen molar-refractivity contribution < 1.29 is 9.59 Å². The Morgan fingerprint density at radius 3 is 2.80 bits per heavy atom. The van der Waals surface area contributed by atoms with Gasteiger partial charge in [-0.2, -0.15) is 0 Å². The summed E-state index contributed by atoms with van der Waals surface area (Å²) in [6, 6.07) is 12.9. The molecule has 1 aliphatic rings. The van der Waals surface area contributed by atoms with E-state index in [1.54, 1.807) is 41.7 Å². The lowest BCUT2D eigenvalue weighted by molar-refractivity contribution is 0.0735. The van der Waals surface area contributed by atoms with E-state index in [1.165, 1.54) is 21.8 Å². The molecule has 0 bridgehead atoms. The second-order valence-corrected chi connectivity index (χ2v) is 7.81. The van der Waals surface area contributed by atoms with E-state index in [2.05, 4.69) is 16.8 Å². The molecule has 2 aromatic heterocycles. The molecule has 0 aliphatic carbocycles. The molecule has 0 saturated heterocycles. The number of benzene rings is 1. The molecule has 0 spiro atoms. The molecule has 1 aromatic carbocycles. The van der Waals surface area contributed by atoms with Gasteiger partial charge in [0.15, 0.2) is 0 Å². The molecule has 25 heavy (non-hydrogen) atoms. The van der Waals surface area contributed by atoms with E-state index >= 15 is 0 Å². The van der Waals surface area contributed by atoms with E-state index < -0.39 is 0 Å². The maximum absolute atomic E-state index is 12.8. The molecule has 0 saturated carbocycles. The topological polar surface area (TPSA) is 49.4 Å². The molecule has 1 N–H and O–H groups in total. The summed E-state index contributed by atoms with van der Waals surface area (Å²) in [5.41, 5.74) is 2.48.